The molecule has 1 fully saturated rings. The maximum atomic E-state index is 9.40. The van der Waals surface area contributed by atoms with Crippen molar-refractivity contribution in [1.82, 2.24) is 4.90 Å². The zero-order valence-corrected chi connectivity index (χ0v) is 12.2. The number of aliphatic hydroxyl groups excluding tert-OH is 1. The van der Waals surface area contributed by atoms with Crippen LogP contribution >= 0.6 is 0 Å². The molecule has 1 saturated heterocycles. The number of nitrogens with zero attached hydrogens (tertiary/aromatic N) is 2. The SMILES string of the molecule is CC.COC(=NC(=N)C(C)C)N1CCC(O)CC1. The van der Waals surface area contributed by atoms with Gasteiger partial charge in [0.15, 0.2) is 0 Å². The van der Waals surface area contributed by atoms with E-state index in [9.17, 15) is 5.11 Å². The number of aliphatic imine (C=N–C) groups is 1. The van der Waals surface area contributed by atoms with Gasteiger partial charge in [-0.25, -0.2) is 0 Å². The van der Waals surface area contributed by atoms with Crippen molar-refractivity contribution in [3.05, 3.63) is 0 Å². The average molecular weight is 257 g/mol. The summed E-state index contributed by atoms with van der Waals surface area (Å²) in [5.74, 6) is 0.420. The van der Waals surface area contributed by atoms with Crippen LogP contribution in [-0.4, -0.2) is 48.2 Å². The molecule has 0 spiro atoms. The molecule has 0 radical (unpaired) electrons. The summed E-state index contributed by atoms with van der Waals surface area (Å²) in [5, 5.41) is 17.1. The van der Waals surface area contributed by atoms with E-state index < -0.39 is 0 Å². The molecule has 1 aliphatic rings. The average Bonchev–Trinajstić information content (AvgIpc) is 2.39. The molecule has 0 aromatic rings. The van der Waals surface area contributed by atoms with Gasteiger partial charge in [0, 0.05) is 19.0 Å². The van der Waals surface area contributed by atoms with Crippen LogP contribution in [-0.2, 0) is 4.74 Å². The molecule has 0 saturated carbocycles. The molecular formula is C13H27N3O2. The second-order valence-corrected chi connectivity index (χ2v) is 4.36. The first kappa shape index (κ1) is 16.9. The first-order valence-corrected chi connectivity index (χ1v) is 6.68. The lowest BCUT2D eigenvalue weighted by atomic mass is 10.1. The highest BCUT2D eigenvalue weighted by Gasteiger charge is 2.21. The molecule has 5 nitrogen and oxygen atoms in total. The highest BCUT2D eigenvalue weighted by Crippen LogP contribution is 2.11. The van der Waals surface area contributed by atoms with Crippen LogP contribution in [0.3, 0.4) is 0 Å². The van der Waals surface area contributed by atoms with E-state index in [4.69, 9.17) is 10.1 Å². The lowest BCUT2D eigenvalue weighted by Gasteiger charge is -2.30. The minimum atomic E-state index is -0.209. The predicted molar refractivity (Wildman–Crippen MR) is 75.2 cm³/mol. The molecule has 18 heavy (non-hydrogen) atoms. The standard InChI is InChI=1S/C11H21N3O2.C2H6/c1-8(2)10(12)13-11(16-3)14-6-4-9(15)5-7-14;1-2/h8-9,12,15H,4-7H2,1-3H3;1-2H3. The molecule has 5 heteroatoms. The quantitative estimate of drug-likeness (QED) is 0.558. The van der Waals surface area contributed by atoms with Gasteiger partial charge in [-0.3, -0.25) is 5.41 Å². The number of piperidine rings is 1. The van der Waals surface area contributed by atoms with Crippen LogP contribution in [0.1, 0.15) is 40.5 Å². The molecule has 1 rings (SSSR count). The number of likely N-dealkylation sites (tertiary alicyclic amines) is 1. The number of nitrogens with one attached hydrogen (secondary N) is 1. The van der Waals surface area contributed by atoms with E-state index in [1.165, 1.54) is 0 Å². The van der Waals surface area contributed by atoms with Crippen molar-refractivity contribution in [1.29, 1.82) is 5.41 Å². The van der Waals surface area contributed by atoms with Crippen LogP contribution in [0, 0.1) is 11.3 Å². The Morgan fingerprint density at radius 2 is 1.83 bits per heavy atom. The summed E-state index contributed by atoms with van der Waals surface area (Å²) in [4.78, 5) is 6.14. The third-order valence-electron chi connectivity index (χ3n) is 2.68. The van der Waals surface area contributed by atoms with Crippen molar-refractivity contribution in [2.45, 2.75) is 46.6 Å². The van der Waals surface area contributed by atoms with E-state index in [0.29, 0.717) is 11.9 Å². The van der Waals surface area contributed by atoms with Crippen LogP contribution in [0.4, 0.5) is 0 Å². The molecule has 0 aliphatic carbocycles. The first-order valence-electron chi connectivity index (χ1n) is 6.68. The van der Waals surface area contributed by atoms with E-state index in [1.54, 1.807) is 7.11 Å². The smallest absolute Gasteiger partial charge is 0.293 e. The van der Waals surface area contributed by atoms with Crippen LogP contribution in [0.25, 0.3) is 0 Å². The summed E-state index contributed by atoms with van der Waals surface area (Å²) in [5.41, 5.74) is 0. The summed E-state index contributed by atoms with van der Waals surface area (Å²) in [6, 6.07) is 0.491. The molecule has 0 unspecified atom stereocenters. The van der Waals surface area contributed by atoms with Crippen molar-refractivity contribution < 1.29 is 9.84 Å². The van der Waals surface area contributed by atoms with Crippen molar-refractivity contribution in [2.75, 3.05) is 20.2 Å². The Morgan fingerprint density at radius 1 is 1.33 bits per heavy atom. The molecule has 1 heterocycles. The molecule has 1 aliphatic heterocycles. The van der Waals surface area contributed by atoms with Crippen LogP contribution in [0.15, 0.2) is 4.99 Å². The second-order valence-electron chi connectivity index (χ2n) is 4.36. The fourth-order valence-electron chi connectivity index (χ4n) is 1.53. The van der Waals surface area contributed by atoms with Crippen molar-refractivity contribution in [3.63, 3.8) is 0 Å². The second kappa shape index (κ2) is 8.91. The lowest BCUT2D eigenvalue weighted by Crippen LogP contribution is -2.41. The number of hydrogen-bond acceptors (Lipinski definition) is 3. The maximum absolute atomic E-state index is 9.40. The Balaban J connectivity index is 0.00000137. The number of hydrogen-bond donors (Lipinski definition) is 2. The van der Waals surface area contributed by atoms with Gasteiger partial charge in [-0.05, 0) is 12.8 Å². The van der Waals surface area contributed by atoms with Gasteiger partial charge in [-0.15, -0.1) is 0 Å². The van der Waals surface area contributed by atoms with Gasteiger partial charge in [0.25, 0.3) is 6.02 Å². The van der Waals surface area contributed by atoms with Crippen molar-refractivity contribution >= 4 is 11.9 Å². The molecule has 0 amide bonds. The molecule has 0 bridgehead atoms. The van der Waals surface area contributed by atoms with Gasteiger partial charge in [0.05, 0.1) is 13.2 Å². The number of amidine groups is 2. The van der Waals surface area contributed by atoms with Gasteiger partial charge in [-0.2, -0.15) is 4.99 Å². The number of ether oxygens (including phenoxy) is 1. The molecule has 0 aromatic heterocycles. The summed E-state index contributed by atoms with van der Waals surface area (Å²) in [6.45, 7) is 9.33. The molecule has 0 aromatic carbocycles. The number of aliphatic hydroxyl groups is 1. The Bertz CT molecular complexity index is 269. The van der Waals surface area contributed by atoms with Crippen LogP contribution in [0.2, 0.25) is 0 Å². The summed E-state index contributed by atoms with van der Waals surface area (Å²) < 4.78 is 5.20. The highest BCUT2D eigenvalue weighted by molar-refractivity contribution is 5.92. The van der Waals surface area contributed by atoms with Crippen molar-refractivity contribution in [3.8, 4) is 0 Å². The monoisotopic (exact) mass is 257 g/mol. The van der Waals surface area contributed by atoms with Crippen LogP contribution < -0.4 is 0 Å². The van der Waals surface area contributed by atoms with E-state index >= 15 is 0 Å². The van der Waals surface area contributed by atoms with Gasteiger partial charge < -0.3 is 14.7 Å². The Labute approximate surface area is 110 Å². The minimum absolute atomic E-state index is 0.0977. The third-order valence-corrected chi connectivity index (χ3v) is 2.68. The molecule has 2 N–H and O–H groups in total. The summed E-state index contributed by atoms with van der Waals surface area (Å²) >= 11 is 0. The molecular weight excluding hydrogens is 230 g/mol. The first-order chi connectivity index (χ1) is 8.54. The summed E-state index contributed by atoms with van der Waals surface area (Å²) in [7, 11) is 1.57. The van der Waals surface area contributed by atoms with E-state index in [2.05, 4.69) is 4.99 Å². The Hall–Kier alpha value is -1.10. The number of rotatable bonds is 1. The fourth-order valence-corrected chi connectivity index (χ4v) is 1.53. The van der Waals surface area contributed by atoms with E-state index in [-0.39, 0.29) is 12.0 Å². The van der Waals surface area contributed by atoms with Gasteiger partial charge in [0.1, 0.15) is 5.84 Å². The largest absolute Gasteiger partial charge is 0.468 e. The third kappa shape index (κ3) is 5.49. The molecule has 0 atom stereocenters. The van der Waals surface area contributed by atoms with E-state index in [1.807, 2.05) is 32.6 Å². The normalized spacial score (nSPS) is 17.3. The molecule has 106 valence electrons. The topological polar surface area (TPSA) is 68.9 Å². The zero-order valence-electron chi connectivity index (χ0n) is 12.2. The van der Waals surface area contributed by atoms with Gasteiger partial charge in [-0.1, -0.05) is 27.7 Å². The Kier molecular flexibility index (Phi) is 8.37. The maximum Gasteiger partial charge on any atom is 0.293 e. The highest BCUT2D eigenvalue weighted by atomic mass is 16.5. The lowest BCUT2D eigenvalue weighted by molar-refractivity contribution is 0.0997. The summed E-state index contributed by atoms with van der Waals surface area (Å²) in [6.07, 6.45) is 1.26. The van der Waals surface area contributed by atoms with Gasteiger partial charge in [0.2, 0.25) is 0 Å². The van der Waals surface area contributed by atoms with Crippen LogP contribution in [0.5, 0.6) is 0 Å². The van der Waals surface area contributed by atoms with Crippen molar-refractivity contribution in [2.24, 2.45) is 10.9 Å². The minimum Gasteiger partial charge on any atom is -0.468 e. The number of methoxy groups -OCH3 is 1. The van der Waals surface area contributed by atoms with Gasteiger partial charge >= 0.3 is 0 Å². The van der Waals surface area contributed by atoms with E-state index in [0.717, 1.165) is 25.9 Å². The predicted octanol–water partition coefficient (Wildman–Crippen LogP) is 2.10. The zero-order chi connectivity index (χ0) is 14.1. The Morgan fingerprint density at radius 3 is 2.22 bits per heavy atom. The fraction of sp³-hybridized carbons (Fsp3) is 0.846.